The summed E-state index contributed by atoms with van der Waals surface area (Å²) in [6.45, 7) is 0.0100. The largest absolute Gasteiger partial charge is 0.466 e. The zero-order valence-electron chi connectivity index (χ0n) is 16.0. The number of hydrogen-bond donors (Lipinski definition) is 0. The maximum Gasteiger partial charge on any atom is 0.188 e. The summed E-state index contributed by atoms with van der Waals surface area (Å²) in [6.07, 6.45) is 1.58. The van der Waals surface area contributed by atoms with E-state index < -0.39 is 11.6 Å². The van der Waals surface area contributed by atoms with Gasteiger partial charge in [0.1, 0.15) is 23.5 Å². The van der Waals surface area contributed by atoms with E-state index in [9.17, 15) is 14.0 Å². The van der Waals surface area contributed by atoms with Crippen LogP contribution in [0.3, 0.4) is 0 Å². The van der Waals surface area contributed by atoms with Crippen molar-refractivity contribution < 1.29 is 18.3 Å². The molecular formula is C24H16F2N2O2. The van der Waals surface area contributed by atoms with Crippen LogP contribution in [0.4, 0.5) is 8.78 Å². The molecule has 0 N–H and O–H groups in total. The smallest absolute Gasteiger partial charge is 0.188 e. The lowest BCUT2D eigenvalue weighted by Gasteiger charge is -2.13. The molecule has 0 atom stereocenters. The Labute approximate surface area is 171 Å². The molecule has 4 nitrogen and oxygen atoms in total. The van der Waals surface area contributed by atoms with Gasteiger partial charge in [0.2, 0.25) is 0 Å². The lowest BCUT2D eigenvalue weighted by atomic mass is 9.98. The number of pyridine rings is 1. The second kappa shape index (κ2) is 8.27. The molecule has 0 radical (unpaired) electrons. The summed E-state index contributed by atoms with van der Waals surface area (Å²) in [6, 6.07) is 18.3. The topological polar surface area (TPSA) is 55.1 Å². The first-order valence-corrected chi connectivity index (χ1v) is 9.10. The fourth-order valence-corrected chi connectivity index (χ4v) is 3.30. The standard InChI is InChI=1S/C24H16F2N2O2/c1-29-14-30-24-16(12-27)3-2-4-22(24)15-5-6-23-18(7-15)8-19(13-28-23)17-9-20(25)11-21(26)10-17/h2-11,13H,14H2,1H3. The molecule has 30 heavy (non-hydrogen) atoms. The van der Waals surface area contributed by atoms with Gasteiger partial charge >= 0.3 is 0 Å². The highest BCUT2D eigenvalue weighted by Crippen LogP contribution is 2.35. The van der Waals surface area contributed by atoms with Gasteiger partial charge in [-0.1, -0.05) is 18.2 Å². The fraction of sp³-hybridized carbons (Fsp3) is 0.0833. The molecule has 0 amide bonds. The molecule has 0 aliphatic carbocycles. The Hall–Kier alpha value is -3.82. The van der Waals surface area contributed by atoms with E-state index >= 15 is 0 Å². The summed E-state index contributed by atoms with van der Waals surface area (Å²) in [5, 5.41) is 10.2. The zero-order valence-corrected chi connectivity index (χ0v) is 16.0. The number of hydrogen-bond acceptors (Lipinski definition) is 4. The third-order valence-electron chi connectivity index (χ3n) is 4.64. The number of ether oxygens (including phenoxy) is 2. The van der Waals surface area contributed by atoms with Crippen LogP contribution in [0.5, 0.6) is 5.75 Å². The molecular weight excluding hydrogens is 386 g/mol. The summed E-state index contributed by atoms with van der Waals surface area (Å²) in [5.41, 5.74) is 3.68. The molecule has 1 aromatic heterocycles. The van der Waals surface area contributed by atoms with Crippen molar-refractivity contribution >= 4 is 10.9 Å². The van der Waals surface area contributed by atoms with Crippen LogP contribution in [0.15, 0.2) is 66.9 Å². The molecule has 0 saturated carbocycles. The SMILES string of the molecule is COCOc1c(C#N)cccc1-c1ccc2ncc(-c3cc(F)cc(F)c3)cc2c1. The van der Waals surface area contributed by atoms with E-state index in [1.807, 2.05) is 30.3 Å². The van der Waals surface area contributed by atoms with E-state index in [1.54, 1.807) is 18.3 Å². The maximum atomic E-state index is 13.6. The number of nitrogens with zero attached hydrogens (tertiary/aromatic N) is 2. The van der Waals surface area contributed by atoms with E-state index in [4.69, 9.17) is 9.47 Å². The van der Waals surface area contributed by atoms with Crippen molar-refractivity contribution in [3.8, 4) is 34.1 Å². The lowest BCUT2D eigenvalue weighted by Crippen LogP contribution is -2.02. The van der Waals surface area contributed by atoms with Gasteiger partial charge in [0.05, 0.1) is 11.1 Å². The van der Waals surface area contributed by atoms with Crippen LogP contribution in [-0.2, 0) is 4.74 Å². The second-order valence-electron chi connectivity index (χ2n) is 6.63. The van der Waals surface area contributed by atoms with Crippen molar-refractivity contribution in [2.24, 2.45) is 0 Å². The molecule has 0 aliphatic rings. The first-order chi connectivity index (χ1) is 14.6. The highest BCUT2D eigenvalue weighted by molar-refractivity contribution is 5.89. The predicted octanol–water partition coefficient (Wildman–Crippen LogP) is 5.70. The fourth-order valence-electron chi connectivity index (χ4n) is 3.30. The average Bonchev–Trinajstić information content (AvgIpc) is 2.76. The first-order valence-electron chi connectivity index (χ1n) is 9.10. The van der Waals surface area contributed by atoms with Crippen LogP contribution in [0.2, 0.25) is 0 Å². The Balaban J connectivity index is 1.83. The van der Waals surface area contributed by atoms with Crippen molar-refractivity contribution in [3.63, 3.8) is 0 Å². The number of methoxy groups -OCH3 is 1. The Morgan fingerprint density at radius 2 is 1.70 bits per heavy atom. The molecule has 6 heteroatoms. The van der Waals surface area contributed by atoms with E-state index in [0.717, 1.165) is 28.1 Å². The monoisotopic (exact) mass is 402 g/mol. The summed E-state index contributed by atoms with van der Waals surface area (Å²) < 4.78 is 37.9. The highest BCUT2D eigenvalue weighted by Gasteiger charge is 2.13. The molecule has 3 aromatic carbocycles. The quantitative estimate of drug-likeness (QED) is 0.402. The van der Waals surface area contributed by atoms with Gasteiger partial charge in [-0.05, 0) is 47.5 Å². The van der Waals surface area contributed by atoms with Gasteiger partial charge in [-0.25, -0.2) is 8.78 Å². The lowest BCUT2D eigenvalue weighted by molar-refractivity contribution is 0.0513. The van der Waals surface area contributed by atoms with Crippen LogP contribution in [0.25, 0.3) is 33.2 Å². The Morgan fingerprint density at radius 1 is 0.933 bits per heavy atom. The summed E-state index contributed by atoms with van der Waals surface area (Å²) in [7, 11) is 1.51. The minimum atomic E-state index is -0.646. The van der Waals surface area contributed by atoms with Gasteiger partial charge in [0, 0.05) is 35.9 Å². The molecule has 4 rings (SSSR count). The van der Waals surface area contributed by atoms with Gasteiger partial charge in [0.15, 0.2) is 6.79 Å². The molecule has 0 saturated heterocycles. The Kier molecular flexibility index (Phi) is 5.38. The number of fused-ring (bicyclic) bond motifs is 1. The zero-order chi connectivity index (χ0) is 21.1. The molecule has 0 unspecified atom stereocenters. The minimum absolute atomic E-state index is 0.0100. The van der Waals surface area contributed by atoms with Gasteiger partial charge in [-0.3, -0.25) is 4.98 Å². The van der Waals surface area contributed by atoms with Crippen molar-refractivity contribution in [1.29, 1.82) is 5.26 Å². The molecule has 0 bridgehead atoms. The van der Waals surface area contributed by atoms with Crippen molar-refractivity contribution in [1.82, 2.24) is 4.98 Å². The Bertz CT molecular complexity index is 1260. The Morgan fingerprint density at radius 3 is 2.43 bits per heavy atom. The van der Waals surface area contributed by atoms with Crippen molar-refractivity contribution in [3.05, 3.63) is 84.1 Å². The summed E-state index contributed by atoms with van der Waals surface area (Å²) in [5.74, 6) is -0.864. The van der Waals surface area contributed by atoms with Crippen LogP contribution in [-0.4, -0.2) is 18.9 Å². The predicted molar refractivity (Wildman–Crippen MR) is 110 cm³/mol. The summed E-state index contributed by atoms with van der Waals surface area (Å²) >= 11 is 0. The third kappa shape index (κ3) is 3.84. The third-order valence-corrected chi connectivity index (χ3v) is 4.64. The molecule has 0 spiro atoms. The van der Waals surface area contributed by atoms with Gasteiger partial charge in [0.25, 0.3) is 0 Å². The van der Waals surface area contributed by atoms with Gasteiger partial charge < -0.3 is 9.47 Å². The first kappa shape index (κ1) is 19.5. The van der Waals surface area contributed by atoms with E-state index in [2.05, 4.69) is 11.1 Å². The number of rotatable bonds is 5. The minimum Gasteiger partial charge on any atom is -0.466 e. The van der Waals surface area contributed by atoms with E-state index in [-0.39, 0.29) is 6.79 Å². The van der Waals surface area contributed by atoms with Crippen LogP contribution < -0.4 is 4.74 Å². The summed E-state index contributed by atoms with van der Waals surface area (Å²) in [4.78, 5) is 4.41. The maximum absolute atomic E-state index is 13.6. The number of halogens is 2. The van der Waals surface area contributed by atoms with Crippen LogP contribution in [0, 0.1) is 23.0 Å². The molecule has 1 heterocycles. The van der Waals surface area contributed by atoms with Gasteiger partial charge in [-0.15, -0.1) is 0 Å². The molecule has 0 fully saturated rings. The van der Waals surface area contributed by atoms with E-state index in [0.29, 0.717) is 22.4 Å². The number of benzene rings is 3. The average molecular weight is 402 g/mol. The second-order valence-corrected chi connectivity index (χ2v) is 6.63. The number of aromatic nitrogens is 1. The van der Waals surface area contributed by atoms with E-state index in [1.165, 1.54) is 19.2 Å². The van der Waals surface area contributed by atoms with Crippen molar-refractivity contribution in [2.75, 3.05) is 13.9 Å². The normalized spacial score (nSPS) is 10.7. The van der Waals surface area contributed by atoms with Crippen LogP contribution >= 0.6 is 0 Å². The molecule has 148 valence electrons. The highest BCUT2D eigenvalue weighted by atomic mass is 19.1. The number of nitriles is 1. The van der Waals surface area contributed by atoms with Crippen molar-refractivity contribution in [2.45, 2.75) is 0 Å². The molecule has 4 aromatic rings. The number of para-hydroxylation sites is 1. The van der Waals surface area contributed by atoms with Crippen LogP contribution in [0.1, 0.15) is 5.56 Å². The molecule has 0 aliphatic heterocycles. The van der Waals surface area contributed by atoms with Gasteiger partial charge in [-0.2, -0.15) is 5.26 Å².